The van der Waals surface area contributed by atoms with Gasteiger partial charge in [-0.15, -0.1) is 0 Å². The quantitative estimate of drug-likeness (QED) is 0.685. The molecule has 2 rings (SSSR count). The molecule has 6 nitrogen and oxygen atoms in total. The van der Waals surface area contributed by atoms with Gasteiger partial charge in [0.1, 0.15) is 11.6 Å². The molecule has 0 atom stereocenters. The third-order valence-electron chi connectivity index (χ3n) is 2.27. The molecule has 1 heterocycles. The fraction of sp³-hybridized carbons (Fsp3) is 0.0833. The Bertz CT molecular complexity index is 619. The maximum atomic E-state index is 10.8. The normalized spacial score (nSPS) is 10.0. The molecule has 0 amide bonds. The van der Waals surface area contributed by atoms with E-state index in [0.717, 1.165) is 0 Å². The van der Waals surface area contributed by atoms with Crippen molar-refractivity contribution in [3.8, 4) is 11.6 Å². The summed E-state index contributed by atoms with van der Waals surface area (Å²) in [5.74, 6) is 0.939. The van der Waals surface area contributed by atoms with Crippen LogP contribution in [-0.2, 0) is 0 Å². The van der Waals surface area contributed by atoms with Gasteiger partial charge in [0.15, 0.2) is 0 Å². The molecule has 19 heavy (non-hydrogen) atoms. The summed E-state index contributed by atoms with van der Waals surface area (Å²) in [6, 6.07) is 9.28. The molecule has 0 spiro atoms. The minimum Gasteiger partial charge on any atom is -0.439 e. The standard InChI is InChI=1S/C12H10ClN3O3/c1-14-11-6-9(16(17)18)7-12(15-11)19-10-4-2-3-8(13)5-10/h2-7H,1H3,(H,14,15). The Balaban J connectivity index is 2.34. The van der Waals surface area contributed by atoms with Crippen LogP contribution < -0.4 is 10.1 Å². The molecule has 0 radical (unpaired) electrons. The highest BCUT2D eigenvalue weighted by Gasteiger charge is 2.12. The van der Waals surface area contributed by atoms with Crippen LogP contribution in [0.4, 0.5) is 11.5 Å². The molecule has 98 valence electrons. The van der Waals surface area contributed by atoms with E-state index in [4.69, 9.17) is 16.3 Å². The fourth-order valence-electron chi connectivity index (χ4n) is 1.43. The monoisotopic (exact) mass is 279 g/mol. The van der Waals surface area contributed by atoms with E-state index in [1.54, 1.807) is 31.3 Å². The van der Waals surface area contributed by atoms with Crippen LogP contribution in [0.25, 0.3) is 0 Å². The Morgan fingerprint density at radius 1 is 1.37 bits per heavy atom. The molecule has 0 fully saturated rings. The number of nitro groups is 1. The first kappa shape index (κ1) is 13.1. The highest BCUT2D eigenvalue weighted by Crippen LogP contribution is 2.27. The van der Waals surface area contributed by atoms with Crippen LogP contribution in [0.15, 0.2) is 36.4 Å². The number of rotatable bonds is 4. The Labute approximate surface area is 114 Å². The van der Waals surface area contributed by atoms with Crippen molar-refractivity contribution < 1.29 is 9.66 Å². The zero-order valence-electron chi connectivity index (χ0n) is 9.96. The second-order valence-corrected chi connectivity index (χ2v) is 4.05. The first-order valence-electron chi connectivity index (χ1n) is 5.36. The van der Waals surface area contributed by atoms with Crippen LogP contribution >= 0.6 is 11.6 Å². The molecular weight excluding hydrogens is 270 g/mol. The lowest BCUT2D eigenvalue weighted by Crippen LogP contribution is -1.98. The molecular formula is C12H10ClN3O3. The smallest absolute Gasteiger partial charge is 0.278 e. The average Bonchev–Trinajstić information content (AvgIpc) is 2.38. The van der Waals surface area contributed by atoms with E-state index in [-0.39, 0.29) is 11.6 Å². The number of halogens is 1. The van der Waals surface area contributed by atoms with Crippen LogP contribution in [0.2, 0.25) is 5.02 Å². The summed E-state index contributed by atoms with van der Waals surface area (Å²) in [5.41, 5.74) is -0.101. The summed E-state index contributed by atoms with van der Waals surface area (Å²) in [6.45, 7) is 0. The number of nitrogens with zero attached hydrogens (tertiary/aromatic N) is 2. The topological polar surface area (TPSA) is 77.3 Å². The third-order valence-corrected chi connectivity index (χ3v) is 2.51. The largest absolute Gasteiger partial charge is 0.439 e. The van der Waals surface area contributed by atoms with Gasteiger partial charge < -0.3 is 10.1 Å². The highest BCUT2D eigenvalue weighted by molar-refractivity contribution is 6.30. The third kappa shape index (κ3) is 3.32. The molecule has 1 aromatic carbocycles. The number of aromatic nitrogens is 1. The second-order valence-electron chi connectivity index (χ2n) is 3.62. The molecule has 0 aliphatic carbocycles. The van der Waals surface area contributed by atoms with Crippen molar-refractivity contribution in [1.29, 1.82) is 0 Å². The number of hydrogen-bond donors (Lipinski definition) is 1. The zero-order valence-corrected chi connectivity index (χ0v) is 10.7. The highest BCUT2D eigenvalue weighted by atomic mass is 35.5. The van der Waals surface area contributed by atoms with E-state index in [1.165, 1.54) is 12.1 Å². The van der Waals surface area contributed by atoms with Crippen molar-refractivity contribution in [3.05, 3.63) is 51.5 Å². The number of anilines is 1. The van der Waals surface area contributed by atoms with E-state index in [0.29, 0.717) is 16.6 Å². The van der Waals surface area contributed by atoms with Crippen LogP contribution in [0.1, 0.15) is 0 Å². The van der Waals surface area contributed by atoms with Gasteiger partial charge in [0.2, 0.25) is 5.88 Å². The number of hydrogen-bond acceptors (Lipinski definition) is 5. The molecule has 0 saturated carbocycles. The number of nitrogens with one attached hydrogen (secondary N) is 1. The Morgan fingerprint density at radius 3 is 2.79 bits per heavy atom. The van der Waals surface area contributed by atoms with Gasteiger partial charge in [-0.2, -0.15) is 4.98 Å². The lowest BCUT2D eigenvalue weighted by molar-refractivity contribution is -0.384. The van der Waals surface area contributed by atoms with E-state index in [2.05, 4.69) is 10.3 Å². The van der Waals surface area contributed by atoms with E-state index in [1.807, 2.05) is 0 Å². The summed E-state index contributed by atoms with van der Waals surface area (Å²) in [4.78, 5) is 14.4. The van der Waals surface area contributed by atoms with Crippen molar-refractivity contribution in [2.24, 2.45) is 0 Å². The average molecular weight is 280 g/mol. The first-order chi connectivity index (χ1) is 9.08. The van der Waals surface area contributed by atoms with Gasteiger partial charge in [0, 0.05) is 12.1 Å². The molecule has 7 heteroatoms. The molecule has 0 aliphatic rings. The molecule has 1 aromatic heterocycles. The molecule has 0 aliphatic heterocycles. The summed E-state index contributed by atoms with van der Waals surface area (Å²) >= 11 is 5.83. The summed E-state index contributed by atoms with van der Waals surface area (Å²) in [7, 11) is 1.62. The van der Waals surface area contributed by atoms with Gasteiger partial charge in [-0.25, -0.2) is 0 Å². The molecule has 1 N–H and O–H groups in total. The Morgan fingerprint density at radius 2 is 2.16 bits per heavy atom. The van der Waals surface area contributed by atoms with Gasteiger partial charge in [-0.05, 0) is 18.2 Å². The number of benzene rings is 1. The molecule has 2 aromatic rings. The summed E-state index contributed by atoms with van der Waals surface area (Å²) < 4.78 is 5.45. The SMILES string of the molecule is CNc1cc([N+](=O)[O-])cc(Oc2cccc(Cl)c2)n1. The van der Waals surface area contributed by atoms with E-state index in [9.17, 15) is 10.1 Å². The summed E-state index contributed by atoms with van der Waals surface area (Å²) in [5, 5.41) is 14.1. The van der Waals surface area contributed by atoms with Crippen LogP contribution in [0.3, 0.4) is 0 Å². The van der Waals surface area contributed by atoms with Crippen molar-refractivity contribution >= 4 is 23.1 Å². The maximum Gasteiger partial charge on any atom is 0.278 e. The second kappa shape index (κ2) is 5.53. The lowest BCUT2D eigenvalue weighted by atomic mass is 10.3. The van der Waals surface area contributed by atoms with Gasteiger partial charge in [0.05, 0.1) is 17.1 Å². The van der Waals surface area contributed by atoms with Crippen molar-refractivity contribution in [2.45, 2.75) is 0 Å². The zero-order chi connectivity index (χ0) is 13.8. The number of ether oxygens (including phenoxy) is 1. The van der Waals surface area contributed by atoms with Gasteiger partial charge in [-0.1, -0.05) is 17.7 Å². The van der Waals surface area contributed by atoms with Crippen LogP contribution in [0, 0.1) is 10.1 Å². The fourth-order valence-corrected chi connectivity index (χ4v) is 1.61. The molecule has 0 unspecified atom stereocenters. The van der Waals surface area contributed by atoms with Gasteiger partial charge in [0.25, 0.3) is 5.69 Å². The van der Waals surface area contributed by atoms with Crippen molar-refractivity contribution in [2.75, 3.05) is 12.4 Å². The van der Waals surface area contributed by atoms with Crippen LogP contribution in [0.5, 0.6) is 11.6 Å². The minimum atomic E-state index is -0.507. The Kier molecular flexibility index (Phi) is 3.82. The van der Waals surface area contributed by atoms with E-state index < -0.39 is 4.92 Å². The predicted molar refractivity (Wildman–Crippen MR) is 72.0 cm³/mol. The van der Waals surface area contributed by atoms with E-state index >= 15 is 0 Å². The summed E-state index contributed by atoms with van der Waals surface area (Å²) in [6.07, 6.45) is 0. The molecule has 0 saturated heterocycles. The van der Waals surface area contributed by atoms with Crippen molar-refractivity contribution in [1.82, 2.24) is 4.98 Å². The Hall–Kier alpha value is -2.34. The predicted octanol–water partition coefficient (Wildman–Crippen LogP) is 3.48. The van der Waals surface area contributed by atoms with Crippen LogP contribution in [-0.4, -0.2) is 17.0 Å². The van der Waals surface area contributed by atoms with Gasteiger partial charge in [-0.3, -0.25) is 10.1 Å². The lowest BCUT2D eigenvalue weighted by Gasteiger charge is -2.07. The van der Waals surface area contributed by atoms with Gasteiger partial charge >= 0.3 is 0 Å². The first-order valence-corrected chi connectivity index (χ1v) is 5.74. The molecule has 0 bridgehead atoms. The number of pyridine rings is 1. The minimum absolute atomic E-state index is 0.101. The van der Waals surface area contributed by atoms with Crippen molar-refractivity contribution in [3.63, 3.8) is 0 Å². The maximum absolute atomic E-state index is 10.8.